The first-order chi connectivity index (χ1) is 13.2. The predicted molar refractivity (Wildman–Crippen MR) is 108 cm³/mol. The van der Waals surface area contributed by atoms with Gasteiger partial charge in [0.05, 0.1) is 22.1 Å². The van der Waals surface area contributed by atoms with Crippen LogP contribution in [0, 0.1) is 11.3 Å². The van der Waals surface area contributed by atoms with Crippen molar-refractivity contribution in [1.29, 1.82) is 5.26 Å². The van der Waals surface area contributed by atoms with Gasteiger partial charge in [-0.1, -0.05) is 24.3 Å². The monoisotopic (exact) mass is 399 g/mol. The third-order valence-electron chi connectivity index (χ3n) is 4.93. The van der Waals surface area contributed by atoms with Crippen LogP contribution in [0.25, 0.3) is 11.1 Å². The molecule has 1 fully saturated rings. The van der Waals surface area contributed by atoms with Crippen LogP contribution in [0.3, 0.4) is 0 Å². The molecule has 28 heavy (non-hydrogen) atoms. The summed E-state index contributed by atoms with van der Waals surface area (Å²) in [5, 5.41) is 19.9. The van der Waals surface area contributed by atoms with Crippen molar-refractivity contribution in [1.82, 2.24) is 9.21 Å². The van der Waals surface area contributed by atoms with E-state index in [4.69, 9.17) is 5.26 Å². The van der Waals surface area contributed by atoms with Crippen LogP contribution >= 0.6 is 0 Å². The van der Waals surface area contributed by atoms with Gasteiger partial charge in [0.15, 0.2) is 0 Å². The van der Waals surface area contributed by atoms with E-state index in [0.29, 0.717) is 31.5 Å². The normalized spacial score (nSPS) is 20.8. The van der Waals surface area contributed by atoms with Crippen molar-refractivity contribution in [2.24, 2.45) is 0 Å². The summed E-state index contributed by atoms with van der Waals surface area (Å²) in [4.78, 5) is 2.07. The van der Waals surface area contributed by atoms with Gasteiger partial charge in [-0.3, -0.25) is 0 Å². The Kier molecular flexibility index (Phi) is 5.87. The van der Waals surface area contributed by atoms with Crippen LogP contribution in [0.4, 0.5) is 0 Å². The van der Waals surface area contributed by atoms with E-state index in [1.54, 1.807) is 36.4 Å². The molecule has 148 valence electrons. The topological polar surface area (TPSA) is 84.6 Å². The number of aliphatic hydroxyl groups is 1. The van der Waals surface area contributed by atoms with Crippen LogP contribution in [0.5, 0.6) is 0 Å². The number of rotatable bonds is 5. The Bertz CT molecular complexity index is 998. The quantitative estimate of drug-likeness (QED) is 0.834. The van der Waals surface area contributed by atoms with Crippen LogP contribution < -0.4 is 0 Å². The van der Waals surface area contributed by atoms with E-state index in [2.05, 4.69) is 6.07 Å². The molecule has 1 heterocycles. The van der Waals surface area contributed by atoms with Crippen molar-refractivity contribution in [3.8, 4) is 17.2 Å². The summed E-state index contributed by atoms with van der Waals surface area (Å²) >= 11 is 0. The zero-order valence-corrected chi connectivity index (χ0v) is 17.0. The molecule has 2 aromatic rings. The van der Waals surface area contributed by atoms with Gasteiger partial charge in [0.2, 0.25) is 10.0 Å². The summed E-state index contributed by atoms with van der Waals surface area (Å²) in [7, 11) is 0.00540. The van der Waals surface area contributed by atoms with Crippen molar-refractivity contribution < 1.29 is 13.5 Å². The highest BCUT2D eigenvalue weighted by molar-refractivity contribution is 7.89. The Labute approximate surface area is 166 Å². The molecule has 0 aromatic heterocycles. The lowest BCUT2D eigenvalue weighted by molar-refractivity contribution is -0.0257. The van der Waals surface area contributed by atoms with E-state index in [1.165, 1.54) is 4.31 Å². The zero-order chi connectivity index (χ0) is 20.4. The summed E-state index contributed by atoms with van der Waals surface area (Å²) in [5.74, 6) is 0. The SMILES string of the molecule is CN(C)CC1(O)CCCN(S(=O)(=O)c2cccc(-c3cccc(C#N)c3)c2)C1. The van der Waals surface area contributed by atoms with Gasteiger partial charge in [0, 0.05) is 19.6 Å². The minimum atomic E-state index is -3.73. The molecule has 1 aliphatic heterocycles. The van der Waals surface area contributed by atoms with Gasteiger partial charge in [-0.05, 0) is 62.3 Å². The summed E-state index contributed by atoms with van der Waals surface area (Å²) < 4.78 is 27.8. The van der Waals surface area contributed by atoms with E-state index < -0.39 is 15.6 Å². The summed E-state index contributed by atoms with van der Waals surface area (Å²) in [6.07, 6.45) is 1.20. The zero-order valence-electron chi connectivity index (χ0n) is 16.2. The summed E-state index contributed by atoms with van der Waals surface area (Å²) in [6.45, 7) is 0.897. The number of piperidine rings is 1. The molecule has 3 rings (SSSR count). The molecule has 0 bridgehead atoms. The smallest absolute Gasteiger partial charge is 0.243 e. The number of hydrogen-bond donors (Lipinski definition) is 1. The van der Waals surface area contributed by atoms with Gasteiger partial charge < -0.3 is 10.0 Å². The van der Waals surface area contributed by atoms with Crippen LogP contribution in [0.15, 0.2) is 53.4 Å². The summed E-state index contributed by atoms with van der Waals surface area (Å²) in [5.41, 5.74) is 1.00. The number of nitrogens with zero attached hydrogens (tertiary/aromatic N) is 3. The van der Waals surface area contributed by atoms with Gasteiger partial charge in [0.25, 0.3) is 0 Å². The molecule has 1 aliphatic rings. The fourth-order valence-corrected chi connectivity index (χ4v) is 5.35. The standard InChI is InChI=1S/C21H25N3O3S/c1-23(2)15-21(25)10-5-11-24(16-21)28(26,27)20-9-4-8-19(13-20)18-7-3-6-17(12-18)14-22/h3-4,6-9,12-13,25H,5,10-11,15-16H2,1-2H3. The van der Waals surface area contributed by atoms with Gasteiger partial charge >= 0.3 is 0 Å². The molecule has 0 aliphatic carbocycles. The van der Waals surface area contributed by atoms with Crippen LogP contribution in [0.2, 0.25) is 0 Å². The first kappa shape index (κ1) is 20.5. The lowest BCUT2D eigenvalue weighted by Gasteiger charge is -2.39. The van der Waals surface area contributed by atoms with Gasteiger partial charge in [-0.15, -0.1) is 0 Å². The minimum Gasteiger partial charge on any atom is -0.387 e. The molecule has 0 radical (unpaired) electrons. The molecule has 6 nitrogen and oxygen atoms in total. The first-order valence-corrected chi connectivity index (χ1v) is 10.7. The van der Waals surface area contributed by atoms with Gasteiger partial charge in [0.1, 0.15) is 0 Å². The molecule has 1 N–H and O–H groups in total. The first-order valence-electron chi connectivity index (χ1n) is 9.21. The number of nitriles is 1. The molecule has 1 saturated heterocycles. The highest BCUT2D eigenvalue weighted by Crippen LogP contribution is 2.29. The number of sulfonamides is 1. The van der Waals surface area contributed by atoms with Gasteiger partial charge in [-0.25, -0.2) is 8.42 Å². The second-order valence-corrected chi connectivity index (χ2v) is 9.56. The average molecular weight is 400 g/mol. The maximum absolute atomic E-state index is 13.2. The molecule has 0 saturated carbocycles. The van der Waals surface area contributed by atoms with E-state index in [0.717, 1.165) is 11.1 Å². The third-order valence-corrected chi connectivity index (χ3v) is 6.77. The Balaban J connectivity index is 1.91. The van der Waals surface area contributed by atoms with E-state index in [1.807, 2.05) is 31.1 Å². The Hall–Kier alpha value is -2.24. The van der Waals surface area contributed by atoms with E-state index >= 15 is 0 Å². The second kappa shape index (κ2) is 8.02. The molecule has 0 amide bonds. The summed E-state index contributed by atoms with van der Waals surface area (Å²) in [6, 6.07) is 15.9. The Morgan fingerprint density at radius 3 is 2.54 bits per heavy atom. The van der Waals surface area contributed by atoms with Crippen LogP contribution in [0.1, 0.15) is 18.4 Å². The maximum atomic E-state index is 13.2. The highest BCUT2D eigenvalue weighted by Gasteiger charge is 2.39. The fraction of sp³-hybridized carbons (Fsp3) is 0.381. The molecule has 2 aromatic carbocycles. The number of benzene rings is 2. The number of β-amino-alcohol motifs (C(OH)–C–C–N with tert-alkyl or cyclic N) is 1. The molecular formula is C21H25N3O3S. The van der Waals surface area contributed by atoms with E-state index in [9.17, 15) is 13.5 Å². The lowest BCUT2D eigenvalue weighted by Crippen LogP contribution is -2.54. The fourth-order valence-electron chi connectivity index (χ4n) is 3.75. The van der Waals surface area contributed by atoms with Crippen LogP contribution in [-0.4, -0.2) is 62.1 Å². The highest BCUT2D eigenvalue weighted by atomic mass is 32.2. The Morgan fingerprint density at radius 1 is 1.18 bits per heavy atom. The second-order valence-electron chi connectivity index (χ2n) is 7.62. The minimum absolute atomic E-state index is 0.0850. The van der Waals surface area contributed by atoms with Crippen molar-refractivity contribution in [3.63, 3.8) is 0 Å². The van der Waals surface area contributed by atoms with E-state index in [-0.39, 0.29) is 11.4 Å². The number of hydrogen-bond acceptors (Lipinski definition) is 5. The van der Waals surface area contributed by atoms with Crippen LogP contribution in [-0.2, 0) is 10.0 Å². The predicted octanol–water partition coefficient (Wildman–Crippen LogP) is 2.30. The van der Waals surface area contributed by atoms with Gasteiger partial charge in [-0.2, -0.15) is 9.57 Å². The largest absolute Gasteiger partial charge is 0.387 e. The van der Waals surface area contributed by atoms with Crippen molar-refractivity contribution >= 4 is 10.0 Å². The number of likely N-dealkylation sites (N-methyl/N-ethyl adjacent to an activating group) is 1. The van der Waals surface area contributed by atoms with Crippen molar-refractivity contribution in [3.05, 3.63) is 54.1 Å². The lowest BCUT2D eigenvalue weighted by atomic mass is 9.94. The van der Waals surface area contributed by atoms with Crippen molar-refractivity contribution in [2.75, 3.05) is 33.7 Å². The third kappa shape index (κ3) is 4.42. The Morgan fingerprint density at radius 2 is 1.86 bits per heavy atom. The molecule has 7 heteroatoms. The molecule has 1 unspecified atom stereocenters. The average Bonchev–Trinajstić information content (AvgIpc) is 2.67. The molecule has 0 spiro atoms. The molecular weight excluding hydrogens is 374 g/mol. The maximum Gasteiger partial charge on any atom is 0.243 e. The molecule has 1 atom stereocenters. The van der Waals surface area contributed by atoms with Crippen molar-refractivity contribution in [2.45, 2.75) is 23.3 Å².